The molecule has 0 unspecified atom stereocenters. The van der Waals surface area contributed by atoms with Crippen molar-refractivity contribution in [1.82, 2.24) is 9.97 Å². The fourth-order valence-electron chi connectivity index (χ4n) is 1.19. The molecule has 0 saturated heterocycles. The molecule has 72 valence electrons. The third-order valence-electron chi connectivity index (χ3n) is 1.85. The minimum absolute atomic E-state index is 0.0610. The van der Waals surface area contributed by atoms with Crippen molar-refractivity contribution < 1.29 is 9.84 Å². The Balaban J connectivity index is 2.73. The minimum atomic E-state index is 0.0610. The molecule has 4 nitrogen and oxygen atoms in total. The highest BCUT2D eigenvalue weighted by atomic mass is 35.5. The first-order valence-corrected chi connectivity index (χ1v) is 4.28. The van der Waals surface area contributed by atoms with Crippen LogP contribution in [0.4, 0.5) is 0 Å². The van der Waals surface area contributed by atoms with E-state index in [-0.39, 0.29) is 11.0 Å². The highest BCUT2D eigenvalue weighted by molar-refractivity contribution is 6.28. The van der Waals surface area contributed by atoms with Crippen LogP contribution in [0.3, 0.4) is 0 Å². The van der Waals surface area contributed by atoms with Gasteiger partial charge < -0.3 is 9.84 Å². The van der Waals surface area contributed by atoms with Gasteiger partial charge >= 0.3 is 0 Å². The molecule has 1 aromatic heterocycles. The molecule has 0 aliphatic rings. The second-order valence-corrected chi connectivity index (χ2v) is 3.06. The fourth-order valence-corrected chi connectivity index (χ4v) is 1.33. The van der Waals surface area contributed by atoms with Crippen LogP contribution in [-0.4, -0.2) is 22.2 Å². The average molecular weight is 211 g/mol. The Morgan fingerprint density at radius 2 is 2.21 bits per heavy atom. The number of benzene rings is 1. The van der Waals surface area contributed by atoms with E-state index in [1.165, 1.54) is 13.2 Å². The van der Waals surface area contributed by atoms with Crippen molar-refractivity contribution >= 4 is 22.5 Å². The van der Waals surface area contributed by atoms with Crippen molar-refractivity contribution in [2.75, 3.05) is 7.11 Å². The molecular formula is C9H7ClN2O2. The van der Waals surface area contributed by atoms with Crippen molar-refractivity contribution in [1.29, 1.82) is 0 Å². The summed E-state index contributed by atoms with van der Waals surface area (Å²) in [4.78, 5) is 7.79. The first-order chi connectivity index (χ1) is 6.70. The number of phenolic OH excluding ortho intramolecular Hbond substituents is 1. The first kappa shape index (κ1) is 9.02. The summed E-state index contributed by atoms with van der Waals surface area (Å²) >= 11 is 5.63. The van der Waals surface area contributed by atoms with Gasteiger partial charge in [-0.05, 0) is 17.7 Å². The molecule has 1 N–H and O–H groups in total. The Hall–Kier alpha value is -1.55. The van der Waals surface area contributed by atoms with Gasteiger partial charge in [-0.15, -0.1) is 0 Å². The van der Waals surface area contributed by atoms with Gasteiger partial charge in [-0.25, -0.2) is 9.97 Å². The quantitative estimate of drug-likeness (QED) is 0.732. The third-order valence-corrected chi connectivity index (χ3v) is 2.03. The van der Waals surface area contributed by atoms with E-state index >= 15 is 0 Å². The number of fused-ring (bicyclic) bond motifs is 1. The van der Waals surface area contributed by atoms with Crippen LogP contribution < -0.4 is 4.74 Å². The summed E-state index contributed by atoms with van der Waals surface area (Å²) in [5.74, 6) is 0.429. The topological polar surface area (TPSA) is 55.2 Å². The maximum Gasteiger partial charge on any atom is 0.222 e. The van der Waals surface area contributed by atoms with Crippen molar-refractivity contribution in [3.05, 3.63) is 23.6 Å². The lowest BCUT2D eigenvalue weighted by Crippen LogP contribution is -1.87. The summed E-state index contributed by atoms with van der Waals surface area (Å²) in [6.45, 7) is 0. The maximum absolute atomic E-state index is 9.46. The van der Waals surface area contributed by atoms with Gasteiger partial charge in [0, 0.05) is 17.6 Å². The van der Waals surface area contributed by atoms with Crippen molar-refractivity contribution in [3.63, 3.8) is 0 Å². The van der Waals surface area contributed by atoms with E-state index in [1.54, 1.807) is 12.3 Å². The van der Waals surface area contributed by atoms with Gasteiger partial charge in [-0.2, -0.15) is 0 Å². The van der Waals surface area contributed by atoms with Crippen molar-refractivity contribution in [2.45, 2.75) is 0 Å². The zero-order valence-corrected chi connectivity index (χ0v) is 8.12. The zero-order valence-electron chi connectivity index (χ0n) is 7.36. The Bertz CT molecular complexity index is 487. The second kappa shape index (κ2) is 3.31. The molecule has 0 spiro atoms. The molecule has 0 radical (unpaired) electrons. The van der Waals surface area contributed by atoms with Crippen LogP contribution in [0.2, 0.25) is 5.28 Å². The van der Waals surface area contributed by atoms with E-state index in [0.29, 0.717) is 16.7 Å². The highest BCUT2D eigenvalue weighted by Crippen LogP contribution is 2.30. The van der Waals surface area contributed by atoms with Crippen molar-refractivity contribution in [2.24, 2.45) is 0 Å². The summed E-state index contributed by atoms with van der Waals surface area (Å²) in [5.41, 5.74) is 0.639. The summed E-state index contributed by atoms with van der Waals surface area (Å²) < 4.78 is 4.94. The molecule has 2 aromatic rings. The predicted octanol–water partition coefficient (Wildman–Crippen LogP) is 2.00. The van der Waals surface area contributed by atoms with Gasteiger partial charge in [0.05, 0.1) is 12.6 Å². The number of rotatable bonds is 1. The monoisotopic (exact) mass is 210 g/mol. The van der Waals surface area contributed by atoms with Gasteiger partial charge in [0.1, 0.15) is 0 Å². The molecule has 1 aromatic carbocycles. The second-order valence-electron chi connectivity index (χ2n) is 2.72. The number of ether oxygens (including phenoxy) is 1. The standard InChI is InChI=1S/C9H7ClN2O2/c1-14-8-3-6-5(2-7(8)13)4-11-9(10)12-6/h2-4,13H,1H3. The molecule has 0 aliphatic carbocycles. The number of halogens is 1. The van der Waals surface area contributed by atoms with Crippen LogP contribution in [0.25, 0.3) is 10.9 Å². The van der Waals surface area contributed by atoms with Gasteiger partial charge in [0.25, 0.3) is 0 Å². The summed E-state index contributed by atoms with van der Waals surface area (Å²) in [5, 5.41) is 10.4. The van der Waals surface area contributed by atoms with Crippen LogP contribution in [0.5, 0.6) is 11.5 Å². The summed E-state index contributed by atoms with van der Waals surface area (Å²) in [7, 11) is 1.48. The van der Waals surface area contributed by atoms with Crippen LogP contribution >= 0.6 is 11.6 Å². The highest BCUT2D eigenvalue weighted by Gasteiger charge is 2.05. The van der Waals surface area contributed by atoms with Crippen LogP contribution in [0.15, 0.2) is 18.3 Å². The zero-order chi connectivity index (χ0) is 10.1. The molecule has 0 saturated carbocycles. The number of hydrogen-bond acceptors (Lipinski definition) is 4. The van der Waals surface area contributed by atoms with E-state index in [2.05, 4.69) is 9.97 Å². The molecule has 5 heteroatoms. The molecule has 2 rings (SSSR count). The van der Waals surface area contributed by atoms with E-state index in [4.69, 9.17) is 16.3 Å². The van der Waals surface area contributed by atoms with Gasteiger partial charge in [-0.3, -0.25) is 0 Å². The lowest BCUT2D eigenvalue weighted by molar-refractivity contribution is 0.374. The normalized spacial score (nSPS) is 10.4. The molecule has 14 heavy (non-hydrogen) atoms. The van der Waals surface area contributed by atoms with Crippen molar-refractivity contribution in [3.8, 4) is 11.5 Å². The molecule has 0 aliphatic heterocycles. The molecular weight excluding hydrogens is 204 g/mol. The Labute approximate surface area is 85.1 Å². The Morgan fingerprint density at radius 3 is 2.93 bits per heavy atom. The number of aromatic nitrogens is 2. The van der Waals surface area contributed by atoms with Gasteiger partial charge in [0.15, 0.2) is 11.5 Å². The fraction of sp³-hybridized carbons (Fsp3) is 0.111. The number of nitrogens with zero attached hydrogens (tertiary/aromatic N) is 2. The van der Waals surface area contributed by atoms with E-state index in [0.717, 1.165) is 0 Å². The summed E-state index contributed by atoms with van der Waals surface area (Å²) in [6, 6.07) is 3.14. The number of aromatic hydroxyl groups is 1. The average Bonchev–Trinajstić information content (AvgIpc) is 2.17. The Morgan fingerprint density at radius 1 is 1.43 bits per heavy atom. The number of phenols is 1. The van der Waals surface area contributed by atoms with E-state index < -0.39 is 0 Å². The Kier molecular flexibility index (Phi) is 2.13. The molecule has 0 fully saturated rings. The number of hydrogen-bond donors (Lipinski definition) is 1. The largest absolute Gasteiger partial charge is 0.504 e. The number of methoxy groups -OCH3 is 1. The van der Waals surface area contributed by atoms with E-state index in [9.17, 15) is 5.11 Å². The molecule has 0 amide bonds. The third kappa shape index (κ3) is 1.44. The maximum atomic E-state index is 9.46. The lowest BCUT2D eigenvalue weighted by atomic mass is 10.2. The lowest BCUT2D eigenvalue weighted by Gasteiger charge is -2.04. The smallest absolute Gasteiger partial charge is 0.222 e. The summed E-state index contributed by atoms with van der Waals surface area (Å²) in [6.07, 6.45) is 1.55. The SMILES string of the molecule is COc1cc2nc(Cl)ncc2cc1O. The minimum Gasteiger partial charge on any atom is -0.504 e. The molecule has 0 bridgehead atoms. The van der Waals surface area contributed by atoms with Crippen LogP contribution in [0, 0.1) is 0 Å². The van der Waals surface area contributed by atoms with Crippen LogP contribution in [0.1, 0.15) is 0 Å². The first-order valence-electron chi connectivity index (χ1n) is 3.90. The predicted molar refractivity (Wildman–Crippen MR) is 52.8 cm³/mol. The molecule has 1 heterocycles. The van der Waals surface area contributed by atoms with Crippen LogP contribution in [-0.2, 0) is 0 Å². The van der Waals surface area contributed by atoms with E-state index in [1.807, 2.05) is 0 Å². The van der Waals surface area contributed by atoms with Gasteiger partial charge in [-0.1, -0.05) is 0 Å². The molecule has 0 atom stereocenters. The van der Waals surface area contributed by atoms with Gasteiger partial charge in [0.2, 0.25) is 5.28 Å².